The number of ether oxygens (including phenoxy) is 1. The average molecular weight is 400 g/mol. The van der Waals surface area contributed by atoms with Gasteiger partial charge < -0.3 is 9.16 Å². The smallest absolute Gasteiger partial charge is 0.417 e. The summed E-state index contributed by atoms with van der Waals surface area (Å²) in [5.41, 5.74) is -0.633. The van der Waals surface area contributed by atoms with Gasteiger partial charge in [0.2, 0.25) is 0 Å². The molecule has 0 spiro atoms. The molecule has 2 amide bonds. The Balaban J connectivity index is 3.14. The largest absolute Gasteiger partial charge is 0.443 e. The summed E-state index contributed by atoms with van der Waals surface area (Å²) in [6, 6.07) is -0.110. The van der Waals surface area contributed by atoms with Gasteiger partial charge in [-0.2, -0.15) is 0 Å². The fraction of sp³-hybridized carbons (Fsp3) is 0.905. The van der Waals surface area contributed by atoms with Crippen LogP contribution in [-0.4, -0.2) is 43.0 Å². The van der Waals surface area contributed by atoms with Crippen LogP contribution in [0.3, 0.4) is 0 Å². The molecule has 0 bridgehead atoms. The summed E-state index contributed by atoms with van der Waals surface area (Å²) in [5.74, 6) is -0.138. The third-order valence-corrected chi connectivity index (χ3v) is 10.2. The molecular weight excluding hydrogens is 358 g/mol. The number of carbonyl (C=O) groups is 2. The second-order valence-electron chi connectivity index (χ2n) is 10.5. The van der Waals surface area contributed by atoms with E-state index in [9.17, 15) is 9.59 Å². The first-order valence-electron chi connectivity index (χ1n) is 10.3. The van der Waals surface area contributed by atoms with Gasteiger partial charge in [0.15, 0.2) is 8.32 Å². The summed E-state index contributed by atoms with van der Waals surface area (Å²) in [4.78, 5) is 27.6. The van der Waals surface area contributed by atoms with E-state index in [0.717, 1.165) is 25.7 Å². The van der Waals surface area contributed by atoms with Crippen molar-refractivity contribution in [2.75, 3.05) is 0 Å². The molecular formula is C21H41NO4Si. The molecule has 1 saturated heterocycles. The highest BCUT2D eigenvalue weighted by molar-refractivity contribution is 6.74. The van der Waals surface area contributed by atoms with Crippen molar-refractivity contribution < 1.29 is 18.8 Å². The van der Waals surface area contributed by atoms with Gasteiger partial charge in [0.05, 0.1) is 0 Å². The summed E-state index contributed by atoms with van der Waals surface area (Å²) >= 11 is 0. The quantitative estimate of drug-likeness (QED) is 0.553. The van der Waals surface area contributed by atoms with E-state index in [1.54, 1.807) is 0 Å². The fourth-order valence-electron chi connectivity index (χ4n) is 3.12. The van der Waals surface area contributed by atoms with E-state index in [0.29, 0.717) is 0 Å². The third kappa shape index (κ3) is 6.31. The van der Waals surface area contributed by atoms with E-state index in [2.05, 4.69) is 47.7 Å². The molecule has 0 N–H and O–H groups in total. The van der Waals surface area contributed by atoms with Gasteiger partial charge in [-0.15, -0.1) is 0 Å². The first kappa shape index (κ1) is 24.2. The minimum atomic E-state index is -2.13. The van der Waals surface area contributed by atoms with Crippen LogP contribution in [0, 0.1) is 5.92 Å². The van der Waals surface area contributed by atoms with Gasteiger partial charge in [-0.3, -0.25) is 4.79 Å². The maximum atomic E-state index is 13.4. The predicted molar refractivity (Wildman–Crippen MR) is 112 cm³/mol. The Hall–Kier alpha value is -0.883. The Morgan fingerprint density at radius 2 is 1.74 bits per heavy atom. The van der Waals surface area contributed by atoms with E-state index in [4.69, 9.17) is 9.16 Å². The van der Waals surface area contributed by atoms with Crippen LogP contribution in [0.2, 0.25) is 18.1 Å². The van der Waals surface area contributed by atoms with Gasteiger partial charge in [0.25, 0.3) is 5.91 Å². The number of nitrogens with zero attached hydrogens (tertiary/aromatic N) is 1. The normalized spacial score (nSPS) is 24.9. The zero-order chi connectivity index (χ0) is 21.2. The molecule has 0 radical (unpaired) electrons. The highest BCUT2D eigenvalue weighted by atomic mass is 28.4. The van der Waals surface area contributed by atoms with Crippen LogP contribution in [0.5, 0.6) is 0 Å². The van der Waals surface area contributed by atoms with Crippen molar-refractivity contribution in [1.82, 2.24) is 4.90 Å². The molecule has 1 rings (SSSR count). The molecule has 27 heavy (non-hydrogen) atoms. The van der Waals surface area contributed by atoms with Crippen LogP contribution < -0.4 is 0 Å². The Kier molecular flexibility index (Phi) is 7.73. The summed E-state index contributed by atoms with van der Waals surface area (Å²) in [5, 5.41) is 0.00279. The zero-order valence-corrected chi connectivity index (χ0v) is 20.1. The number of amides is 2. The molecule has 1 aliphatic rings. The van der Waals surface area contributed by atoms with E-state index in [1.807, 2.05) is 20.8 Å². The van der Waals surface area contributed by atoms with E-state index < -0.39 is 26.1 Å². The van der Waals surface area contributed by atoms with Crippen molar-refractivity contribution >= 4 is 20.3 Å². The molecule has 1 heterocycles. The Morgan fingerprint density at radius 1 is 1.19 bits per heavy atom. The minimum Gasteiger partial charge on any atom is -0.443 e. The minimum absolute atomic E-state index is 0.00279. The Labute approximate surface area is 167 Å². The number of unbranched alkanes of at least 4 members (excludes halogenated alkanes) is 1. The van der Waals surface area contributed by atoms with Gasteiger partial charge in [-0.25, -0.2) is 9.69 Å². The maximum absolute atomic E-state index is 13.4. The van der Waals surface area contributed by atoms with E-state index >= 15 is 0 Å². The van der Waals surface area contributed by atoms with Crippen LogP contribution in [0.25, 0.3) is 0 Å². The highest BCUT2D eigenvalue weighted by Crippen LogP contribution is 2.40. The molecule has 5 nitrogen and oxygen atoms in total. The predicted octanol–water partition coefficient (Wildman–Crippen LogP) is 5.74. The molecule has 0 aromatic rings. The monoisotopic (exact) mass is 399 g/mol. The lowest BCUT2D eigenvalue weighted by molar-refractivity contribution is -0.149. The SMILES string of the molecule is CCCCC1CC(C)C(O[Si](C)(C)C(C)(C)C)C(=O)N1C(=O)OC(C)(C)C. The summed E-state index contributed by atoms with van der Waals surface area (Å²) in [6.45, 7) is 20.4. The van der Waals surface area contributed by atoms with Crippen LogP contribution in [0.1, 0.15) is 81.1 Å². The number of hydrogen-bond acceptors (Lipinski definition) is 4. The van der Waals surface area contributed by atoms with Crippen molar-refractivity contribution in [2.45, 2.75) is 117 Å². The van der Waals surface area contributed by atoms with Crippen molar-refractivity contribution in [2.24, 2.45) is 5.92 Å². The highest BCUT2D eigenvalue weighted by Gasteiger charge is 2.49. The molecule has 0 aromatic carbocycles. The summed E-state index contributed by atoms with van der Waals surface area (Å²) in [7, 11) is -2.13. The first-order valence-corrected chi connectivity index (χ1v) is 13.3. The number of carbonyl (C=O) groups excluding carboxylic acids is 2. The molecule has 6 heteroatoms. The lowest BCUT2D eigenvalue weighted by Crippen LogP contribution is -2.60. The van der Waals surface area contributed by atoms with Crippen LogP contribution in [-0.2, 0) is 14.0 Å². The maximum Gasteiger partial charge on any atom is 0.417 e. The Morgan fingerprint density at radius 3 is 2.19 bits per heavy atom. The van der Waals surface area contributed by atoms with Gasteiger partial charge in [-0.1, -0.05) is 47.5 Å². The summed E-state index contributed by atoms with van der Waals surface area (Å²) < 4.78 is 12.0. The van der Waals surface area contributed by atoms with Crippen molar-refractivity contribution in [1.29, 1.82) is 0 Å². The number of hydrogen-bond donors (Lipinski definition) is 0. The topological polar surface area (TPSA) is 55.8 Å². The van der Waals surface area contributed by atoms with Gasteiger partial charge >= 0.3 is 6.09 Å². The number of rotatable bonds is 5. The molecule has 0 aliphatic carbocycles. The molecule has 1 fully saturated rings. The van der Waals surface area contributed by atoms with Gasteiger partial charge in [-0.05, 0) is 57.7 Å². The molecule has 3 unspecified atom stereocenters. The first-order chi connectivity index (χ1) is 12.1. The van der Waals surface area contributed by atoms with Crippen LogP contribution in [0.4, 0.5) is 4.79 Å². The lowest BCUT2D eigenvalue weighted by Gasteiger charge is -2.46. The zero-order valence-electron chi connectivity index (χ0n) is 19.1. The molecule has 0 aromatic heterocycles. The second kappa shape index (κ2) is 8.64. The number of piperidine rings is 1. The molecule has 1 aliphatic heterocycles. The standard InChI is InChI=1S/C21H41NO4Si/c1-11-12-13-16-14-15(2)17(26-27(9,10)21(6,7)8)18(23)22(16)19(24)25-20(3,4)5/h15-17H,11-14H2,1-10H3. The van der Waals surface area contributed by atoms with Gasteiger partial charge in [0.1, 0.15) is 11.7 Å². The van der Waals surface area contributed by atoms with Crippen LogP contribution in [0.15, 0.2) is 0 Å². The van der Waals surface area contributed by atoms with Crippen LogP contribution >= 0.6 is 0 Å². The van der Waals surface area contributed by atoms with E-state index in [-0.39, 0.29) is 22.9 Å². The lowest BCUT2D eigenvalue weighted by atomic mass is 9.87. The van der Waals surface area contributed by atoms with Crippen molar-refractivity contribution in [3.05, 3.63) is 0 Å². The van der Waals surface area contributed by atoms with Crippen molar-refractivity contribution in [3.63, 3.8) is 0 Å². The third-order valence-electron chi connectivity index (χ3n) is 5.72. The second-order valence-corrected chi connectivity index (χ2v) is 15.3. The fourth-order valence-corrected chi connectivity index (χ4v) is 4.44. The Bertz CT molecular complexity index is 533. The number of likely N-dealkylation sites (tertiary alicyclic amines) is 1. The summed E-state index contributed by atoms with van der Waals surface area (Å²) in [6.07, 6.45) is 2.49. The average Bonchev–Trinajstić information content (AvgIpc) is 2.45. The molecule has 158 valence electrons. The molecule has 0 saturated carbocycles. The molecule has 3 atom stereocenters. The number of imide groups is 1. The van der Waals surface area contributed by atoms with Crippen molar-refractivity contribution in [3.8, 4) is 0 Å². The van der Waals surface area contributed by atoms with Gasteiger partial charge in [0, 0.05) is 6.04 Å². The van der Waals surface area contributed by atoms with E-state index in [1.165, 1.54) is 4.90 Å².